The second kappa shape index (κ2) is 10.0. The fourth-order valence-electron chi connectivity index (χ4n) is 0.254. The maximum atomic E-state index is 3.56. The molecule has 0 aromatic heterocycles. The zero-order valence-corrected chi connectivity index (χ0v) is 6.06. The molecule has 0 amide bonds. The van der Waals surface area contributed by atoms with Gasteiger partial charge in [-0.05, 0) is 6.92 Å². The summed E-state index contributed by atoms with van der Waals surface area (Å²) < 4.78 is 0. The third-order valence-electron chi connectivity index (χ3n) is 0.703. The minimum Gasteiger partial charge on any atom is -0.106 e. The fourth-order valence-corrected chi connectivity index (χ4v) is 0.254. The summed E-state index contributed by atoms with van der Waals surface area (Å²) >= 11 is 0. The molecular weight excluding hydrogens is 108 g/mol. The van der Waals surface area contributed by atoms with Gasteiger partial charge in [0, 0.05) is 0 Å². The minimum absolute atomic E-state index is 1.15. The summed E-state index contributed by atoms with van der Waals surface area (Å²) in [4.78, 5) is 0. The van der Waals surface area contributed by atoms with E-state index in [-0.39, 0.29) is 0 Å². The van der Waals surface area contributed by atoms with E-state index >= 15 is 0 Å². The van der Waals surface area contributed by atoms with Crippen LogP contribution in [-0.4, -0.2) is 0 Å². The molecule has 0 bridgehead atoms. The van der Waals surface area contributed by atoms with Crippen molar-refractivity contribution in [3.05, 3.63) is 50.1 Å². The van der Waals surface area contributed by atoms with E-state index in [1.807, 2.05) is 13.0 Å². The van der Waals surface area contributed by atoms with Crippen LogP contribution in [0.2, 0.25) is 0 Å². The Morgan fingerprint density at radius 1 is 1.22 bits per heavy atom. The van der Waals surface area contributed by atoms with E-state index < -0.39 is 0 Å². The fraction of sp³-hybridized carbons (Fsp3) is 0.111. The van der Waals surface area contributed by atoms with Gasteiger partial charge >= 0.3 is 0 Å². The van der Waals surface area contributed by atoms with Crippen molar-refractivity contribution in [1.82, 2.24) is 0 Å². The lowest BCUT2D eigenvalue weighted by molar-refractivity contribution is 1.54. The molecule has 0 unspecified atom stereocenters. The van der Waals surface area contributed by atoms with Crippen LogP contribution >= 0.6 is 0 Å². The maximum Gasteiger partial charge on any atom is -0.0398 e. The van der Waals surface area contributed by atoms with E-state index in [1.165, 1.54) is 0 Å². The van der Waals surface area contributed by atoms with Crippen molar-refractivity contribution in [1.29, 1.82) is 0 Å². The van der Waals surface area contributed by atoms with Crippen LogP contribution in [0.5, 0.6) is 0 Å². The zero-order chi connectivity index (χ0) is 7.70. The summed E-state index contributed by atoms with van der Waals surface area (Å²) in [5.74, 6) is 0. The van der Waals surface area contributed by atoms with Crippen molar-refractivity contribution in [2.45, 2.75) is 6.92 Å². The largest absolute Gasteiger partial charge is 0.106 e. The first kappa shape index (κ1) is 10.9. The van der Waals surface area contributed by atoms with Gasteiger partial charge in [0.15, 0.2) is 0 Å². The summed E-state index contributed by atoms with van der Waals surface area (Å²) in [6.07, 6.45) is 5.45. The quantitative estimate of drug-likeness (QED) is 0.390. The first-order valence-corrected chi connectivity index (χ1v) is 2.73. The molecule has 0 radical (unpaired) electrons. The average molecular weight is 122 g/mol. The Morgan fingerprint density at radius 3 is 1.78 bits per heavy atom. The normalized spacial score (nSPS) is 8.78. The van der Waals surface area contributed by atoms with E-state index in [0.29, 0.717) is 0 Å². The molecule has 50 valence electrons. The number of rotatable bonds is 2. The zero-order valence-electron chi connectivity index (χ0n) is 6.06. The molecule has 9 heavy (non-hydrogen) atoms. The first-order chi connectivity index (χ1) is 4.31. The van der Waals surface area contributed by atoms with Crippen LogP contribution < -0.4 is 0 Å². The molecule has 0 aliphatic carbocycles. The van der Waals surface area contributed by atoms with Crippen LogP contribution in [0.15, 0.2) is 50.1 Å². The van der Waals surface area contributed by atoms with Crippen molar-refractivity contribution < 1.29 is 0 Å². The summed E-state index contributed by atoms with van der Waals surface area (Å²) in [7, 11) is 0. The lowest BCUT2D eigenvalue weighted by Gasteiger charge is -1.80. The molecule has 0 aromatic rings. The molecular formula is C9H14. The number of hydrogen-bond donors (Lipinski definition) is 0. The van der Waals surface area contributed by atoms with Crippen LogP contribution in [0.4, 0.5) is 0 Å². The van der Waals surface area contributed by atoms with Crippen molar-refractivity contribution >= 4 is 0 Å². The SMILES string of the molecule is C=C.C=C/C=C(/C)C=C. The van der Waals surface area contributed by atoms with Crippen molar-refractivity contribution in [2.75, 3.05) is 0 Å². The topological polar surface area (TPSA) is 0 Å². The van der Waals surface area contributed by atoms with E-state index in [1.54, 1.807) is 12.2 Å². The smallest absolute Gasteiger partial charge is 0.0398 e. The third kappa shape index (κ3) is 10.9. The maximum absolute atomic E-state index is 3.56. The Kier molecular flexibility index (Phi) is 12.1. The van der Waals surface area contributed by atoms with Gasteiger partial charge in [-0.1, -0.05) is 37.0 Å². The first-order valence-electron chi connectivity index (χ1n) is 2.73. The van der Waals surface area contributed by atoms with Crippen molar-refractivity contribution in [3.63, 3.8) is 0 Å². The Hall–Kier alpha value is -1.04. The predicted molar refractivity (Wildman–Crippen MR) is 45.4 cm³/mol. The van der Waals surface area contributed by atoms with Gasteiger partial charge < -0.3 is 0 Å². The molecule has 0 heteroatoms. The number of hydrogen-bond acceptors (Lipinski definition) is 0. The minimum atomic E-state index is 1.15. The molecule has 0 rings (SSSR count). The highest BCUT2D eigenvalue weighted by atomic mass is 13.8. The second-order valence-electron chi connectivity index (χ2n) is 1.35. The van der Waals surface area contributed by atoms with Gasteiger partial charge in [0.1, 0.15) is 0 Å². The van der Waals surface area contributed by atoms with Crippen molar-refractivity contribution in [2.24, 2.45) is 0 Å². The van der Waals surface area contributed by atoms with E-state index in [4.69, 9.17) is 0 Å². The molecule has 0 nitrogen and oxygen atoms in total. The molecule has 0 spiro atoms. The molecule has 0 saturated carbocycles. The molecule has 0 heterocycles. The van der Waals surface area contributed by atoms with Gasteiger partial charge in [0.25, 0.3) is 0 Å². The van der Waals surface area contributed by atoms with Crippen LogP contribution in [0.25, 0.3) is 0 Å². The van der Waals surface area contributed by atoms with E-state index in [2.05, 4.69) is 26.3 Å². The molecule has 0 saturated heterocycles. The third-order valence-corrected chi connectivity index (χ3v) is 0.703. The predicted octanol–water partition coefficient (Wildman–Crippen LogP) is 3.11. The van der Waals surface area contributed by atoms with Crippen LogP contribution in [0.1, 0.15) is 6.92 Å². The monoisotopic (exact) mass is 122 g/mol. The molecule has 0 aliphatic rings. The summed E-state index contributed by atoms with van der Waals surface area (Å²) in [6.45, 7) is 15.1. The molecule has 0 N–H and O–H groups in total. The Labute approximate surface area is 57.9 Å². The van der Waals surface area contributed by atoms with Gasteiger partial charge in [-0.25, -0.2) is 0 Å². The summed E-state index contributed by atoms with van der Waals surface area (Å²) in [5, 5.41) is 0. The van der Waals surface area contributed by atoms with Gasteiger partial charge in [0.2, 0.25) is 0 Å². The van der Waals surface area contributed by atoms with Crippen LogP contribution in [-0.2, 0) is 0 Å². The Bertz CT molecular complexity index is 107. The lowest BCUT2D eigenvalue weighted by atomic mass is 10.3. The highest BCUT2D eigenvalue weighted by Gasteiger charge is 1.68. The standard InChI is InChI=1S/C7H10.C2H4/c1-4-6-7(3)5-2;1-2/h4-6H,1-2H2,3H3;1-2H2/b7-6-;. The summed E-state index contributed by atoms with van der Waals surface area (Å²) in [6, 6.07) is 0. The van der Waals surface area contributed by atoms with Crippen molar-refractivity contribution in [3.8, 4) is 0 Å². The van der Waals surface area contributed by atoms with Gasteiger partial charge in [-0.2, -0.15) is 0 Å². The van der Waals surface area contributed by atoms with E-state index in [9.17, 15) is 0 Å². The molecule has 0 aliphatic heterocycles. The van der Waals surface area contributed by atoms with Gasteiger partial charge in [0.05, 0.1) is 0 Å². The number of allylic oxidation sites excluding steroid dienone is 4. The van der Waals surface area contributed by atoms with Gasteiger partial charge in [-0.15, -0.1) is 13.2 Å². The molecule has 0 fully saturated rings. The molecule has 0 atom stereocenters. The Morgan fingerprint density at radius 2 is 1.67 bits per heavy atom. The van der Waals surface area contributed by atoms with E-state index in [0.717, 1.165) is 5.57 Å². The highest BCUT2D eigenvalue weighted by Crippen LogP contribution is 1.90. The second-order valence-corrected chi connectivity index (χ2v) is 1.35. The van der Waals surface area contributed by atoms with Crippen LogP contribution in [0.3, 0.4) is 0 Å². The molecule has 0 aromatic carbocycles. The van der Waals surface area contributed by atoms with Crippen LogP contribution in [0, 0.1) is 0 Å². The highest BCUT2D eigenvalue weighted by molar-refractivity contribution is 5.17. The summed E-state index contributed by atoms with van der Waals surface area (Å²) in [5.41, 5.74) is 1.15. The van der Waals surface area contributed by atoms with Gasteiger partial charge in [-0.3, -0.25) is 0 Å². The Balaban J connectivity index is 0. The lowest BCUT2D eigenvalue weighted by Crippen LogP contribution is -1.58. The average Bonchev–Trinajstić information content (AvgIpc) is 1.93.